The molecule has 30 heavy (non-hydrogen) atoms. The van der Waals surface area contributed by atoms with E-state index in [1.165, 1.54) is 34.0 Å². The Balaban J connectivity index is 0.00000256. The zero-order valence-corrected chi connectivity index (χ0v) is 18.3. The number of halogens is 3. The van der Waals surface area contributed by atoms with Crippen molar-refractivity contribution in [3.8, 4) is 11.1 Å². The fraction of sp³-hybridized carbons (Fsp3) is 0.154. The Morgan fingerprint density at radius 2 is 1.67 bits per heavy atom. The zero-order chi connectivity index (χ0) is 20.2. The third-order valence-electron chi connectivity index (χ3n) is 5.29. The molecule has 4 aromatic rings. The molecule has 154 valence electrons. The lowest BCUT2D eigenvalue weighted by Gasteiger charge is -2.16. The number of fused-ring (bicyclic) bond motifs is 1. The van der Waals surface area contributed by atoms with Gasteiger partial charge in [0, 0.05) is 11.1 Å². The van der Waals surface area contributed by atoms with Crippen molar-refractivity contribution in [2.75, 3.05) is 6.54 Å². The van der Waals surface area contributed by atoms with Crippen LogP contribution in [0.15, 0.2) is 84.9 Å². The van der Waals surface area contributed by atoms with Gasteiger partial charge < -0.3 is 5.32 Å². The van der Waals surface area contributed by atoms with E-state index in [1.54, 1.807) is 0 Å². The Morgan fingerprint density at radius 3 is 2.43 bits per heavy atom. The molecule has 0 aliphatic heterocycles. The van der Waals surface area contributed by atoms with E-state index in [9.17, 15) is 4.39 Å². The highest BCUT2D eigenvalue weighted by Gasteiger charge is 2.09. The maximum atomic E-state index is 13.4. The Hall–Kier alpha value is -2.39. The first-order valence-electron chi connectivity index (χ1n) is 9.86. The molecule has 0 fully saturated rings. The fourth-order valence-corrected chi connectivity index (χ4v) is 3.91. The highest BCUT2D eigenvalue weighted by molar-refractivity contribution is 6.30. The van der Waals surface area contributed by atoms with E-state index in [4.69, 9.17) is 11.6 Å². The zero-order valence-electron chi connectivity index (χ0n) is 16.7. The third kappa shape index (κ3) is 5.20. The summed E-state index contributed by atoms with van der Waals surface area (Å²) < 4.78 is 13.4. The van der Waals surface area contributed by atoms with Crippen molar-refractivity contribution in [2.24, 2.45) is 0 Å². The molecule has 4 rings (SSSR count). The number of hydrogen-bond acceptors (Lipinski definition) is 1. The number of rotatable bonds is 6. The van der Waals surface area contributed by atoms with Crippen molar-refractivity contribution in [2.45, 2.75) is 19.4 Å². The van der Waals surface area contributed by atoms with Crippen molar-refractivity contribution in [3.05, 3.63) is 107 Å². The van der Waals surface area contributed by atoms with Crippen molar-refractivity contribution in [1.29, 1.82) is 0 Å². The SMILES string of the molecule is CC(NCCc1cc(-c2ccc(F)cc2)c2ccccc2c1)c1cccc(Cl)c1.Cl. The molecule has 0 spiro atoms. The molecule has 1 unspecified atom stereocenters. The van der Waals surface area contributed by atoms with Gasteiger partial charge in [0.15, 0.2) is 0 Å². The van der Waals surface area contributed by atoms with E-state index in [0.29, 0.717) is 0 Å². The lowest BCUT2D eigenvalue weighted by Crippen LogP contribution is -2.21. The molecule has 1 nitrogen and oxygen atoms in total. The summed E-state index contributed by atoms with van der Waals surface area (Å²) >= 11 is 6.11. The smallest absolute Gasteiger partial charge is 0.123 e. The second-order valence-corrected chi connectivity index (χ2v) is 7.79. The van der Waals surface area contributed by atoms with Crippen LogP contribution in [0.4, 0.5) is 4.39 Å². The van der Waals surface area contributed by atoms with Crippen molar-refractivity contribution < 1.29 is 4.39 Å². The first-order chi connectivity index (χ1) is 14.1. The van der Waals surface area contributed by atoms with Gasteiger partial charge in [0.05, 0.1) is 0 Å². The normalized spacial score (nSPS) is 11.8. The Morgan fingerprint density at radius 1 is 0.900 bits per heavy atom. The Labute approximate surface area is 188 Å². The third-order valence-corrected chi connectivity index (χ3v) is 5.52. The van der Waals surface area contributed by atoms with Gasteiger partial charge in [0.2, 0.25) is 0 Å². The second-order valence-electron chi connectivity index (χ2n) is 7.35. The van der Waals surface area contributed by atoms with Crippen molar-refractivity contribution in [3.63, 3.8) is 0 Å². The van der Waals surface area contributed by atoms with Crippen molar-refractivity contribution >= 4 is 34.8 Å². The molecule has 0 saturated carbocycles. The van der Waals surface area contributed by atoms with E-state index >= 15 is 0 Å². The van der Waals surface area contributed by atoms with E-state index in [-0.39, 0.29) is 24.3 Å². The van der Waals surface area contributed by atoms with Gasteiger partial charge in [0.25, 0.3) is 0 Å². The first-order valence-corrected chi connectivity index (χ1v) is 10.2. The van der Waals surface area contributed by atoms with Crippen LogP contribution >= 0.6 is 24.0 Å². The minimum atomic E-state index is -0.214. The highest BCUT2D eigenvalue weighted by atomic mass is 35.5. The largest absolute Gasteiger partial charge is 0.310 e. The molecule has 4 heteroatoms. The van der Waals surface area contributed by atoms with Gasteiger partial charge in [-0.2, -0.15) is 0 Å². The fourth-order valence-electron chi connectivity index (χ4n) is 3.71. The van der Waals surface area contributed by atoms with Crippen LogP contribution in [0.2, 0.25) is 5.02 Å². The summed E-state index contributed by atoms with van der Waals surface area (Å²) in [6, 6.07) is 27.7. The molecule has 1 N–H and O–H groups in total. The van der Waals surface area contributed by atoms with Gasteiger partial charge in [-0.1, -0.05) is 72.3 Å². The second kappa shape index (κ2) is 10.1. The summed E-state index contributed by atoms with van der Waals surface area (Å²) in [5.74, 6) is -0.214. The lowest BCUT2D eigenvalue weighted by molar-refractivity contribution is 0.577. The predicted octanol–water partition coefficient (Wildman–Crippen LogP) is 7.61. The number of benzene rings is 4. The Bertz CT molecular complexity index is 1130. The molecule has 0 heterocycles. The van der Waals surface area contributed by atoms with Gasteiger partial charge in [0.1, 0.15) is 5.82 Å². The van der Waals surface area contributed by atoms with Crippen LogP contribution in [0.5, 0.6) is 0 Å². The molecule has 0 radical (unpaired) electrons. The van der Waals surface area contributed by atoms with E-state index < -0.39 is 0 Å². The van der Waals surface area contributed by atoms with Gasteiger partial charge in [-0.05, 0) is 77.2 Å². The molecular weight excluding hydrogens is 416 g/mol. The monoisotopic (exact) mass is 439 g/mol. The average Bonchev–Trinajstić information content (AvgIpc) is 2.74. The first kappa shape index (κ1) is 22.3. The van der Waals surface area contributed by atoms with Crippen LogP contribution in [0.25, 0.3) is 21.9 Å². The maximum absolute atomic E-state index is 13.4. The van der Waals surface area contributed by atoms with Crippen LogP contribution in [0.3, 0.4) is 0 Å². The van der Waals surface area contributed by atoms with E-state index in [0.717, 1.165) is 29.1 Å². The maximum Gasteiger partial charge on any atom is 0.123 e. The topological polar surface area (TPSA) is 12.0 Å². The van der Waals surface area contributed by atoms with Crippen LogP contribution in [-0.2, 0) is 6.42 Å². The lowest BCUT2D eigenvalue weighted by atomic mass is 9.94. The van der Waals surface area contributed by atoms with Crippen LogP contribution in [-0.4, -0.2) is 6.54 Å². The molecule has 0 bridgehead atoms. The number of nitrogens with one attached hydrogen (secondary N) is 1. The molecule has 0 aliphatic rings. The van der Waals surface area contributed by atoms with Crippen molar-refractivity contribution in [1.82, 2.24) is 5.32 Å². The Kier molecular flexibility index (Phi) is 7.49. The van der Waals surface area contributed by atoms with E-state index in [2.05, 4.69) is 48.6 Å². The molecule has 0 aliphatic carbocycles. The highest BCUT2D eigenvalue weighted by Crippen LogP contribution is 2.30. The quantitative estimate of drug-likeness (QED) is 0.325. The summed E-state index contributed by atoms with van der Waals surface area (Å²) in [4.78, 5) is 0. The molecule has 0 aromatic heterocycles. The predicted molar refractivity (Wildman–Crippen MR) is 128 cm³/mol. The molecule has 4 aromatic carbocycles. The molecule has 1 atom stereocenters. The number of hydrogen-bond donors (Lipinski definition) is 1. The molecule has 0 saturated heterocycles. The van der Waals surface area contributed by atoms with Gasteiger partial charge in [-0.15, -0.1) is 12.4 Å². The minimum Gasteiger partial charge on any atom is -0.310 e. The van der Waals surface area contributed by atoms with Gasteiger partial charge in [-0.25, -0.2) is 4.39 Å². The van der Waals surface area contributed by atoms with Gasteiger partial charge in [-0.3, -0.25) is 0 Å². The molecular formula is C26H24Cl2FN. The van der Waals surface area contributed by atoms with Crippen LogP contribution in [0.1, 0.15) is 24.1 Å². The summed E-state index contributed by atoms with van der Waals surface area (Å²) in [7, 11) is 0. The average molecular weight is 440 g/mol. The van der Waals surface area contributed by atoms with E-state index in [1.807, 2.05) is 36.4 Å². The summed E-state index contributed by atoms with van der Waals surface area (Å²) in [6.45, 7) is 3.00. The van der Waals surface area contributed by atoms with Gasteiger partial charge >= 0.3 is 0 Å². The standard InChI is InChI=1S/C26H23ClFN.ClH/c1-18(21-6-4-7-23(27)17-21)29-14-13-19-15-22-5-2-3-8-25(22)26(16-19)20-9-11-24(28)12-10-20;/h2-12,15-18,29H,13-14H2,1H3;1H. The van der Waals surface area contributed by atoms with Crippen LogP contribution in [0, 0.1) is 5.82 Å². The summed E-state index contributed by atoms with van der Waals surface area (Å²) in [5.41, 5.74) is 4.61. The minimum absolute atomic E-state index is 0. The molecule has 0 amide bonds. The summed E-state index contributed by atoms with van der Waals surface area (Å²) in [6.07, 6.45) is 0.907. The van der Waals surface area contributed by atoms with Crippen LogP contribution < -0.4 is 5.32 Å². The summed E-state index contributed by atoms with van der Waals surface area (Å²) in [5, 5.41) is 6.72.